The van der Waals surface area contributed by atoms with E-state index in [-0.39, 0.29) is 23.0 Å². The molecule has 1 fully saturated rings. The van der Waals surface area contributed by atoms with E-state index < -0.39 is 15.0 Å². The van der Waals surface area contributed by atoms with Crippen LogP contribution in [-0.2, 0) is 18.5 Å². The molecule has 0 radical (unpaired) electrons. The number of ether oxygens (including phenoxy) is 2. The van der Waals surface area contributed by atoms with Crippen LogP contribution in [0.2, 0.25) is 0 Å². The minimum atomic E-state index is -3.90. The average Bonchev–Trinajstić information content (AvgIpc) is 2.90. The summed E-state index contributed by atoms with van der Waals surface area (Å²) in [6, 6.07) is 2.87. The predicted octanol–water partition coefficient (Wildman–Crippen LogP) is 2.42. The molecule has 5 nitrogen and oxygen atoms in total. The molecule has 0 N–H and O–H groups in total. The number of benzene rings is 1. The third-order valence-corrected chi connectivity index (χ3v) is 5.04. The molecule has 1 atom stereocenters. The van der Waals surface area contributed by atoms with Gasteiger partial charge in [0.1, 0.15) is 0 Å². The van der Waals surface area contributed by atoms with Crippen LogP contribution in [0.5, 0.6) is 0 Å². The highest BCUT2D eigenvalue weighted by Gasteiger charge is 2.21. The molecule has 1 aromatic rings. The molecule has 0 amide bonds. The van der Waals surface area contributed by atoms with Gasteiger partial charge in [0.15, 0.2) is 0 Å². The molecule has 0 aromatic heterocycles. The summed E-state index contributed by atoms with van der Waals surface area (Å²) >= 11 is 0. The fourth-order valence-corrected chi connectivity index (χ4v) is 3.47. The van der Waals surface area contributed by atoms with Gasteiger partial charge < -0.3 is 9.47 Å². The van der Waals surface area contributed by atoms with Crippen molar-refractivity contribution in [3.63, 3.8) is 0 Å². The smallest absolute Gasteiger partial charge is 0.338 e. The lowest BCUT2D eigenvalue weighted by atomic mass is 10.1. The molecule has 0 spiro atoms. The van der Waals surface area contributed by atoms with Gasteiger partial charge in [-0.25, -0.2) is 13.2 Å². The summed E-state index contributed by atoms with van der Waals surface area (Å²) < 4.78 is 33.5. The summed E-state index contributed by atoms with van der Waals surface area (Å²) in [7, 11) is 1.50. The van der Waals surface area contributed by atoms with Gasteiger partial charge in [0.05, 0.1) is 23.7 Å². The SMILES string of the molecule is Cc1cc(C(=O)OCC2CCOC2)cc(S(=O)(=O)Cl)c1C. The lowest BCUT2D eigenvalue weighted by Gasteiger charge is -2.12. The Labute approximate surface area is 128 Å². The highest BCUT2D eigenvalue weighted by molar-refractivity contribution is 8.13. The average molecular weight is 333 g/mol. The summed E-state index contributed by atoms with van der Waals surface area (Å²) in [6.07, 6.45) is 0.863. The predicted molar refractivity (Wildman–Crippen MR) is 78.2 cm³/mol. The number of halogens is 1. The van der Waals surface area contributed by atoms with Crippen LogP contribution >= 0.6 is 10.7 Å². The summed E-state index contributed by atoms with van der Waals surface area (Å²) in [5.41, 5.74) is 1.40. The fourth-order valence-electron chi connectivity index (χ4n) is 2.19. The van der Waals surface area contributed by atoms with Crippen LogP contribution in [-0.4, -0.2) is 34.2 Å². The van der Waals surface area contributed by atoms with Crippen molar-refractivity contribution in [1.29, 1.82) is 0 Å². The third-order valence-electron chi connectivity index (χ3n) is 3.59. The fraction of sp³-hybridized carbons (Fsp3) is 0.500. The van der Waals surface area contributed by atoms with Crippen LogP contribution in [0.25, 0.3) is 0 Å². The van der Waals surface area contributed by atoms with Crippen LogP contribution < -0.4 is 0 Å². The Balaban J connectivity index is 2.19. The maximum Gasteiger partial charge on any atom is 0.338 e. The van der Waals surface area contributed by atoms with Gasteiger partial charge in [-0.15, -0.1) is 0 Å². The van der Waals surface area contributed by atoms with Gasteiger partial charge >= 0.3 is 5.97 Å². The van der Waals surface area contributed by atoms with Crippen molar-refractivity contribution in [2.24, 2.45) is 5.92 Å². The molecule has 1 aliphatic rings. The molecule has 1 unspecified atom stereocenters. The molecule has 1 aromatic carbocycles. The molecule has 0 aliphatic carbocycles. The normalized spacial score (nSPS) is 18.7. The lowest BCUT2D eigenvalue weighted by molar-refractivity contribution is 0.0428. The van der Waals surface area contributed by atoms with E-state index in [4.69, 9.17) is 20.2 Å². The summed E-state index contributed by atoms with van der Waals surface area (Å²) in [6.45, 7) is 4.91. The number of carbonyl (C=O) groups excluding carboxylic acids is 1. The maximum atomic E-state index is 12.0. The van der Waals surface area contributed by atoms with Crippen LogP contribution in [0, 0.1) is 19.8 Å². The molecule has 1 heterocycles. The van der Waals surface area contributed by atoms with Gasteiger partial charge in [-0.3, -0.25) is 0 Å². The second-order valence-corrected chi connectivity index (χ2v) is 7.72. The minimum absolute atomic E-state index is 0.0553. The Morgan fingerprint density at radius 3 is 2.71 bits per heavy atom. The number of hydrogen-bond donors (Lipinski definition) is 0. The first-order chi connectivity index (χ1) is 9.79. The van der Waals surface area contributed by atoms with Crippen molar-refractivity contribution < 1.29 is 22.7 Å². The maximum absolute atomic E-state index is 12.0. The zero-order chi connectivity index (χ0) is 15.6. The second kappa shape index (κ2) is 6.34. The highest BCUT2D eigenvalue weighted by Crippen LogP contribution is 2.25. The zero-order valence-electron chi connectivity index (χ0n) is 11.9. The van der Waals surface area contributed by atoms with E-state index in [9.17, 15) is 13.2 Å². The quantitative estimate of drug-likeness (QED) is 0.625. The Morgan fingerprint density at radius 2 is 2.14 bits per heavy atom. The van der Waals surface area contributed by atoms with Crippen molar-refractivity contribution >= 4 is 25.7 Å². The lowest BCUT2D eigenvalue weighted by Crippen LogP contribution is -2.15. The number of rotatable bonds is 4. The van der Waals surface area contributed by atoms with E-state index in [0.717, 1.165) is 6.42 Å². The first-order valence-electron chi connectivity index (χ1n) is 6.60. The molecular formula is C14H17ClO5S. The number of hydrogen-bond acceptors (Lipinski definition) is 5. The van der Waals surface area contributed by atoms with Crippen LogP contribution in [0.4, 0.5) is 0 Å². The number of esters is 1. The van der Waals surface area contributed by atoms with Crippen LogP contribution in [0.15, 0.2) is 17.0 Å². The van der Waals surface area contributed by atoms with Gasteiger partial charge in [0, 0.05) is 23.2 Å². The van der Waals surface area contributed by atoms with E-state index >= 15 is 0 Å². The largest absolute Gasteiger partial charge is 0.462 e. The number of aryl methyl sites for hydroxylation is 1. The van der Waals surface area contributed by atoms with Gasteiger partial charge in [0.25, 0.3) is 9.05 Å². The van der Waals surface area contributed by atoms with Crippen molar-refractivity contribution in [3.05, 3.63) is 28.8 Å². The highest BCUT2D eigenvalue weighted by atomic mass is 35.7. The molecule has 1 aliphatic heterocycles. The molecule has 1 saturated heterocycles. The van der Waals surface area contributed by atoms with Gasteiger partial charge in [0.2, 0.25) is 0 Å². The van der Waals surface area contributed by atoms with Gasteiger partial charge in [-0.2, -0.15) is 0 Å². The minimum Gasteiger partial charge on any atom is -0.462 e. The summed E-state index contributed by atoms with van der Waals surface area (Å²) in [5.74, 6) is -0.344. The molecule has 7 heteroatoms. The molecule has 2 rings (SSSR count). The number of carbonyl (C=O) groups is 1. The van der Waals surface area contributed by atoms with Crippen LogP contribution in [0.3, 0.4) is 0 Å². The second-order valence-electron chi connectivity index (χ2n) is 5.18. The Kier molecular flexibility index (Phi) is 4.91. The van der Waals surface area contributed by atoms with Crippen molar-refractivity contribution in [1.82, 2.24) is 0 Å². The monoisotopic (exact) mass is 332 g/mol. The van der Waals surface area contributed by atoms with E-state index in [1.54, 1.807) is 19.9 Å². The summed E-state index contributed by atoms with van der Waals surface area (Å²) in [5, 5.41) is 0. The first kappa shape index (κ1) is 16.3. The van der Waals surface area contributed by atoms with Crippen molar-refractivity contribution in [2.45, 2.75) is 25.2 Å². The molecule has 116 valence electrons. The molecule has 0 bridgehead atoms. The molecule has 21 heavy (non-hydrogen) atoms. The zero-order valence-corrected chi connectivity index (χ0v) is 13.5. The van der Waals surface area contributed by atoms with E-state index in [0.29, 0.717) is 24.3 Å². The van der Waals surface area contributed by atoms with E-state index in [2.05, 4.69) is 0 Å². The van der Waals surface area contributed by atoms with E-state index in [1.165, 1.54) is 6.07 Å². The van der Waals surface area contributed by atoms with Crippen molar-refractivity contribution in [3.8, 4) is 0 Å². The third kappa shape index (κ3) is 3.96. The van der Waals surface area contributed by atoms with E-state index in [1.807, 2.05) is 0 Å². The Bertz CT molecular complexity index is 648. The van der Waals surface area contributed by atoms with Crippen LogP contribution in [0.1, 0.15) is 27.9 Å². The topological polar surface area (TPSA) is 69.7 Å². The molecule has 0 saturated carbocycles. The summed E-state index contributed by atoms with van der Waals surface area (Å²) in [4.78, 5) is 12.0. The Morgan fingerprint density at radius 1 is 1.43 bits per heavy atom. The molecular weight excluding hydrogens is 316 g/mol. The van der Waals surface area contributed by atoms with Gasteiger partial charge in [-0.1, -0.05) is 0 Å². The Hall–Kier alpha value is -1.11. The van der Waals surface area contributed by atoms with Crippen molar-refractivity contribution in [2.75, 3.05) is 19.8 Å². The standard InChI is InChI=1S/C14H17ClO5S/c1-9-5-12(6-13(10(9)2)21(15,17)18)14(16)20-8-11-3-4-19-7-11/h5-6,11H,3-4,7-8H2,1-2H3. The first-order valence-corrected chi connectivity index (χ1v) is 8.90. The van der Waals surface area contributed by atoms with Gasteiger partial charge in [-0.05, 0) is 43.5 Å².